The largest absolute Gasteiger partial charge is 0.457 e. The summed E-state index contributed by atoms with van der Waals surface area (Å²) in [5, 5.41) is 6.95. The van der Waals surface area contributed by atoms with Gasteiger partial charge in [-0.1, -0.05) is 12.5 Å². The molecule has 0 saturated carbocycles. The molecule has 4 aromatic heterocycles. The summed E-state index contributed by atoms with van der Waals surface area (Å²) in [7, 11) is 0. The van der Waals surface area contributed by atoms with Crippen LogP contribution >= 0.6 is 22.7 Å². The minimum atomic E-state index is -0.611. The van der Waals surface area contributed by atoms with Crippen molar-refractivity contribution in [2.24, 2.45) is 0 Å². The summed E-state index contributed by atoms with van der Waals surface area (Å²) in [6.07, 6.45) is 5.60. The zero-order valence-corrected chi connectivity index (χ0v) is 18.8. The van der Waals surface area contributed by atoms with Crippen molar-refractivity contribution < 1.29 is 13.9 Å². The van der Waals surface area contributed by atoms with E-state index in [2.05, 4.69) is 15.1 Å². The van der Waals surface area contributed by atoms with Crippen LogP contribution in [0.15, 0.2) is 26.7 Å². The van der Waals surface area contributed by atoms with Crippen LogP contribution in [0.25, 0.3) is 21.0 Å². The second kappa shape index (κ2) is 8.83. The number of hydrogen-bond acceptors (Lipinski definition) is 10. The fourth-order valence-corrected chi connectivity index (χ4v) is 5.77. The number of hydrogen-bond donors (Lipinski definition) is 1. The van der Waals surface area contributed by atoms with Gasteiger partial charge in [0.05, 0.1) is 23.2 Å². The van der Waals surface area contributed by atoms with Gasteiger partial charge in [-0.15, -0.1) is 27.8 Å². The zero-order chi connectivity index (χ0) is 22.1. The number of anilines is 1. The van der Waals surface area contributed by atoms with Gasteiger partial charge in [0.25, 0.3) is 5.89 Å². The molecule has 0 radical (unpaired) electrons. The summed E-state index contributed by atoms with van der Waals surface area (Å²) in [4.78, 5) is 36.0. The van der Waals surface area contributed by atoms with Gasteiger partial charge in [-0.05, 0) is 42.7 Å². The van der Waals surface area contributed by atoms with E-state index in [1.54, 1.807) is 11.3 Å². The Kier molecular flexibility index (Phi) is 5.75. The standard InChI is InChI=1S/C21H21N5O4S2/c22-18-17-12-5-2-1-3-6-13(12)32-20(17)24-15(23-18)11-29-16(27)8-9-26-21(28)30-19(25-26)14-7-4-10-31-14/h4,7,10H,1-3,5-6,8-9,11H2,(H2,22,23,24). The van der Waals surface area contributed by atoms with Gasteiger partial charge in [0, 0.05) is 4.88 Å². The smallest absolute Gasteiger partial charge is 0.437 e. The summed E-state index contributed by atoms with van der Waals surface area (Å²) in [5.41, 5.74) is 7.52. The predicted molar refractivity (Wildman–Crippen MR) is 122 cm³/mol. The lowest BCUT2D eigenvalue weighted by Gasteiger charge is -2.06. The number of nitrogens with zero attached hydrogens (tertiary/aromatic N) is 4. The minimum Gasteiger partial charge on any atom is -0.457 e. The first-order chi connectivity index (χ1) is 15.6. The van der Waals surface area contributed by atoms with Gasteiger partial charge in [0.2, 0.25) is 0 Å². The maximum Gasteiger partial charge on any atom is 0.437 e. The number of rotatable bonds is 6. The Morgan fingerprint density at radius 1 is 1.25 bits per heavy atom. The van der Waals surface area contributed by atoms with Gasteiger partial charge < -0.3 is 14.9 Å². The second-order valence-electron chi connectivity index (χ2n) is 7.55. The first kappa shape index (κ1) is 20.8. The molecule has 0 fully saturated rings. The Labute approximate surface area is 190 Å². The maximum absolute atomic E-state index is 12.2. The molecule has 0 aliphatic heterocycles. The van der Waals surface area contributed by atoms with E-state index in [1.807, 2.05) is 17.5 Å². The number of nitrogen functional groups attached to an aromatic ring is 1. The fourth-order valence-electron chi connectivity index (χ4n) is 3.83. The molecule has 0 aromatic carbocycles. The molecule has 11 heteroatoms. The number of carbonyl (C=O) groups is 1. The van der Waals surface area contributed by atoms with E-state index in [0.717, 1.165) is 39.0 Å². The van der Waals surface area contributed by atoms with E-state index in [1.165, 1.54) is 34.6 Å². The van der Waals surface area contributed by atoms with E-state index in [-0.39, 0.29) is 25.5 Å². The van der Waals surface area contributed by atoms with E-state index in [9.17, 15) is 9.59 Å². The summed E-state index contributed by atoms with van der Waals surface area (Å²) in [6.45, 7) is -0.0120. The Morgan fingerprint density at radius 3 is 2.97 bits per heavy atom. The average molecular weight is 472 g/mol. The van der Waals surface area contributed by atoms with Gasteiger partial charge in [0.1, 0.15) is 10.6 Å². The predicted octanol–water partition coefficient (Wildman–Crippen LogP) is 3.55. The van der Waals surface area contributed by atoms with E-state index in [0.29, 0.717) is 11.6 Å². The van der Waals surface area contributed by atoms with Crippen LogP contribution in [0.5, 0.6) is 0 Å². The Bertz CT molecular complexity index is 1320. The summed E-state index contributed by atoms with van der Waals surface area (Å²) in [5.74, 6) is -0.0408. The monoisotopic (exact) mass is 471 g/mol. The van der Waals surface area contributed by atoms with Gasteiger partial charge >= 0.3 is 11.7 Å². The zero-order valence-electron chi connectivity index (χ0n) is 17.2. The number of nitrogens with two attached hydrogens (primary N) is 1. The number of thiophene rings is 2. The highest BCUT2D eigenvalue weighted by atomic mass is 32.1. The number of aromatic nitrogens is 4. The highest BCUT2D eigenvalue weighted by Gasteiger charge is 2.20. The molecule has 4 aromatic rings. The van der Waals surface area contributed by atoms with Crippen LogP contribution in [0, 0.1) is 0 Å². The third-order valence-corrected chi connectivity index (χ3v) is 7.41. The Morgan fingerprint density at radius 2 is 2.12 bits per heavy atom. The Hall–Kier alpha value is -3.05. The van der Waals surface area contributed by atoms with Gasteiger partial charge in [-0.3, -0.25) is 4.79 Å². The van der Waals surface area contributed by atoms with Crippen molar-refractivity contribution in [1.29, 1.82) is 0 Å². The van der Waals surface area contributed by atoms with Crippen LogP contribution in [0.3, 0.4) is 0 Å². The molecule has 2 N–H and O–H groups in total. The molecule has 4 heterocycles. The molecule has 0 saturated heterocycles. The van der Waals surface area contributed by atoms with Crippen LogP contribution in [0.1, 0.15) is 41.9 Å². The lowest BCUT2D eigenvalue weighted by atomic mass is 10.1. The number of esters is 1. The molecule has 32 heavy (non-hydrogen) atoms. The molecule has 0 spiro atoms. The molecule has 5 rings (SSSR count). The highest BCUT2D eigenvalue weighted by molar-refractivity contribution is 7.19. The van der Waals surface area contributed by atoms with Gasteiger partial charge in [-0.25, -0.2) is 14.8 Å². The van der Waals surface area contributed by atoms with Crippen LogP contribution in [0.4, 0.5) is 5.82 Å². The van der Waals surface area contributed by atoms with E-state index >= 15 is 0 Å². The number of ether oxygens (including phenoxy) is 1. The fraction of sp³-hybridized carbons (Fsp3) is 0.381. The Balaban J connectivity index is 1.22. The minimum absolute atomic E-state index is 0.0264. The molecule has 9 nitrogen and oxygen atoms in total. The van der Waals surface area contributed by atoms with Crippen molar-refractivity contribution in [2.75, 3.05) is 5.73 Å². The maximum atomic E-state index is 12.2. The van der Waals surface area contributed by atoms with Crippen LogP contribution in [-0.4, -0.2) is 25.7 Å². The third kappa shape index (κ3) is 4.17. The number of carbonyl (C=O) groups excluding carboxylic acids is 1. The first-order valence-corrected chi connectivity index (χ1v) is 12.1. The molecule has 0 bridgehead atoms. The quantitative estimate of drug-likeness (QED) is 0.334. The summed E-state index contributed by atoms with van der Waals surface area (Å²) >= 11 is 3.07. The van der Waals surface area contributed by atoms with Crippen molar-refractivity contribution >= 4 is 44.7 Å². The lowest BCUT2D eigenvalue weighted by molar-refractivity contribution is -0.145. The molecule has 1 aliphatic rings. The summed E-state index contributed by atoms with van der Waals surface area (Å²) < 4.78 is 11.6. The molecular weight excluding hydrogens is 450 g/mol. The average Bonchev–Trinajstić information content (AvgIpc) is 3.47. The lowest BCUT2D eigenvalue weighted by Crippen LogP contribution is -2.19. The van der Waals surface area contributed by atoms with Crippen molar-refractivity contribution in [3.05, 3.63) is 44.3 Å². The van der Waals surface area contributed by atoms with Crippen LogP contribution in [-0.2, 0) is 35.5 Å². The van der Waals surface area contributed by atoms with Crippen molar-refractivity contribution in [1.82, 2.24) is 19.7 Å². The molecule has 166 valence electrons. The number of aryl methyl sites for hydroxylation is 3. The molecule has 0 atom stereocenters. The molecule has 1 aliphatic carbocycles. The van der Waals surface area contributed by atoms with E-state index in [4.69, 9.17) is 14.9 Å². The second-order valence-corrected chi connectivity index (χ2v) is 9.59. The highest BCUT2D eigenvalue weighted by Crippen LogP contribution is 2.37. The van der Waals surface area contributed by atoms with Crippen molar-refractivity contribution in [2.45, 2.75) is 51.7 Å². The van der Waals surface area contributed by atoms with Crippen molar-refractivity contribution in [3.63, 3.8) is 0 Å². The number of fused-ring (bicyclic) bond motifs is 3. The SMILES string of the molecule is Nc1nc(COC(=O)CCn2nc(-c3cccs3)oc2=O)nc2sc3c(c12)CCCCC3. The molecular formula is C21H21N5O4S2. The van der Waals surface area contributed by atoms with Crippen molar-refractivity contribution in [3.8, 4) is 10.8 Å². The van der Waals surface area contributed by atoms with Gasteiger partial charge in [0.15, 0.2) is 12.4 Å². The summed E-state index contributed by atoms with van der Waals surface area (Å²) in [6, 6.07) is 3.65. The third-order valence-electron chi connectivity index (χ3n) is 5.37. The normalized spacial score (nSPS) is 13.8. The first-order valence-electron chi connectivity index (χ1n) is 10.4. The van der Waals surface area contributed by atoms with Crippen LogP contribution in [0.2, 0.25) is 0 Å². The van der Waals surface area contributed by atoms with E-state index < -0.39 is 11.7 Å². The molecule has 0 amide bonds. The topological polar surface area (TPSA) is 126 Å². The van der Waals surface area contributed by atoms with Gasteiger partial charge in [-0.2, -0.15) is 4.68 Å². The molecule has 0 unspecified atom stereocenters. The van der Waals surface area contributed by atoms with Crippen LogP contribution < -0.4 is 11.5 Å².